The lowest BCUT2D eigenvalue weighted by atomic mass is 9.99. The molecule has 5 nitrogen and oxygen atoms in total. The van der Waals surface area contributed by atoms with Gasteiger partial charge in [-0.1, -0.05) is 6.07 Å². The van der Waals surface area contributed by atoms with Crippen molar-refractivity contribution in [3.63, 3.8) is 0 Å². The van der Waals surface area contributed by atoms with Crippen molar-refractivity contribution in [2.75, 3.05) is 6.54 Å². The number of likely N-dealkylation sites (tertiary alicyclic amines) is 1. The predicted molar refractivity (Wildman–Crippen MR) is 74.6 cm³/mol. The fourth-order valence-corrected chi connectivity index (χ4v) is 2.89. The van der Waals surface area contributed by atoms with Gasteiger partial charge in [0.25, 0.3) is 5.91 Å². The molecule has 1 amide bonds. The van der Waals surface area contributed by atoms with Crippen molar-refractivity contribution in [1.82, 2.24) is 9.88 Å². The number of nitrogens with one attached hydrogen (secondary N) is 1. The molecule has 21 heavy (non-hydrogen) atoms. The topological polar surface area (TPSA) is 73.4 Å². The van der Waals surface area contributed by atoms with Gasteiger partial charge in [-0.15, -0.1) is 0 Å². The van der Waals surface area contributed by atoms with E-state index in [2.05, 4.69) is 4.98 Å². The maximum Gasteiger partial charge on any atom is 0.329 e. The summed E-state index contributed by atoms with van der Waals surface area (Å²) in [7, 11) is 0. The lowest BCUT2D eigenvalue weighted by Gasteiger charge is -2.30. The Morgan fingerprint density at radius 1 is 1.43 bits per heavy atom. The fraction of sp³-hybridized carbons (Fsp3) is 0.333. The number of aliphatic carboxylic acids is 1. The number of rotatable bonds is 2. The Kier molecular flexibility index (Phi) is 2.97. The maximum atomic E-state index is 13.7. The number of hydrogen-bond acceptors (Lipinski definition) is 2. The van der Waals surface area contributed by atoms with Crippen molar-refractivity contribution >= 4 is 22.8 Å². The quantitative estimate of drug-likeness (QED) is 0.892. The highest BCUT2D eigenvalue weighted by Gasteiger charge is 2.46. The average Bonchev–Trinajstić information content (AvgIpc) is 3.03. The van der Waals surface area contributed by atoms with Crippen LogP contribution in [0.15, 0.2) is 24.3 Å². The molecule has 2 heterocycles. The highest BCUT2D eigenvalue weighted by molar-refractivity contribution is 6.00. The highest BCUT2D eigenvalue weighted by atomic mass is 19.1. The highest BCUT2D eigenvalue weighted by Crippen LogP contribution is 2.31. The molecule has 1 fully saturated rings. The van der Waals surface area contributed by atoms with Crippen LogP contribution in [0.4, 0.5) is 4.39 Å². The zero-order valence-corrected chi connectivity index (χ0v) is 11.5. The number of H-pyrrole nitrogens is 1. The van der Waals surface area contributed by atoms with E-state index in [1.807, 2.05) is 0 Å². The molecule has 1 aromatic carbocycles. The summed E-state index contributed by atoms with van der Waals surface area (Å²) in [6, 6.07) is 5.99. The summed E-state index contributed by atoms with van der Waals surface area (Å²) in [6.45, 7) is 1.93. The standard InChI is InChI=1S/C15H15FN2O3/c1-15(14(20)21)6-3-7-18(15)13(19)12-8-9-10(16)4-2-5-11(9)17-12/h2,4-5,8,17H,3,6-7H2,1H3,(H,20,21). The molecule has 1 unspecified atom stereocenters. The van der Waals surface area contributed by atoms with Crippen LogP contribution in [0.3, 0.4) is 0 Å². The van der Waals surface area contributed by atoms with Crippen molar-refractivity contribution in [2.24, 2.45) is 0 Å². The lowest BCUT2D eigenvalue weighted by molar-refractivity contribution is -0.147. The SMILES string of the molecule is CC1(C(=O)O)CCCN1C(=O)c1cc2c(F)cccc2[nH]1. The number of carbonyl (C=O) groups excluding carboxylic acids is 1. The Morgan fingerprint density at radius 3 is 2.86 bits per heavy atom. The van der Waals surface area contributed by atoms with Gasteiger partial charge in [-0.3, -0.25) is 4.79 Å². The first kappa shape index (κ1) is 13.6. The van der Waals surface area contributed by atoms with Gasteiger partial charge in [0.05, 0.1) is 0 Å². The number of nitrogens with zero attached hydrogens (tertiary/aromatic N) is 1. The van der Waals surface area contributed by atoms with E-state index in [0.717, 1.165) is 0 Å². The largest absolute Gasteiger partial charge is 0.480 e. The number of fused-ring (bicyclic) bond motifs is 1. The number of carbonyl (C=O) groups is 2. The second-order valence-electron chi connectivity index (χ2n) is 5.52. The zero-order valence-electron chi connectivity index (χ0n) is 11.5. The second-order valence-corrected chi connectivity index (χ2v) is 5.52. The van der Waals surface area contributed by atoms with Gasteiger partial charge in [0.15, 0.2) is 0 Å². The van der Waals surface area contributed by atoms with Gasteiger partial charge in [-0.25, -0.2) is 9.18 Å². The van der Waals surface area contributed by atoms with Gasteiger partial charge in [0.2, 0.25) is 0 Å². The summed E-state index contributed by atoms with van der Waals surface area (Å²) >= 11 is 0. The van der Waals surface area contributed by atoms with Gasteiger partial charge in [0, 0.05) is 17.4 Å². The van der Waals surface area contributed by atoms with Crippen LogP contribution in [0.2, 0.25) is 0 Å². The van der Waals surface area contributed by atoms with Gasteiger partial charge < -0.3 is 15.0 Å². The summed E-state index contributed by atoms with van der Waals surface area (Å²) in [5, 5.41) is 9.69. The zero-order chi connectivity index (χ0) is 15.2. The van der Waals surface area contributed by atoms with Crippen LogP contribution < -0.4 is 0 Å². The van der Waals surface area contributed by atoms with Gasteiger partial charge in [-0.2, -0.15) is 0 Å². The monoisotopic (exact) mass is 290 g/mol. The fourth-order valence-electron chi connectivity index (χ4n) is 2.89. The summed E-state index contributed by atoms with van der Waals surface area (Å²) in [4.78, 5) is 28.2. The number of amides is 1. The van der Waals surface area contributed by atoms with E-state index in [-0.39, 0.29) is 5.69 Å². The predicted octanol–water partition coefficient (Wildman–Crippen LogP) is 2.39. The molecular weight excluding hydrogens is 275 g/mol. The third kappa shape index (κ3) is 1.98. The third-order valence-corrected chi connectivity index (χ3v) is 4.19. The first-order chi connectivity index (χ1) is 9.93. The Bertz CT molecular complexity index is 740. The summed E-state index contributed by atoms with van der Waals surface area (Å²) in [6.07, 6.45) is 1.06. The number of carboxylic acids is 1. The molecule has 0 bridgehead atoms. The minimum atomic E-state index is -1.20. The molecule has 2 N–H and O–H groups in total. The van der Waals surface area contributed by atoms with Crippen LogP contribution in [0, 0.1) is 5.82 Å². The van der Waals surface area contributed by atoms with E-state index in [4.69, 9.17) is 0 Å². The second kappa shape index (κ2) is 4.58. The van der Waals surface area contributed by atoms with Crippen LogP contribution in [-0.4, -0.2) is 39.0 Å². The molecule has 3 rings (SSSR count). The van der Waals surface area contributed by atoms with Crippen LogP contribution in [-0.2, 0) is 4.79 Å². The van der Waals surface area contributed by atoms with Gasteiger partial charge >= 0.3 is 5.97 Å². The molecule has 0 saturated carbocycles. The molecule has 0 aliphatic carbocycles. The number of hydrogen-bond donors (Lipinski definition) is 2. The molecule has 1 atom stereocenters. The van der Waals surface area contributed by atoms with Crippen molar-refractivity contribution in [3.8, 4) is 0 Å². The average molecular weight is 290 g/mol. The third-order valence-electron chi connectivity index (χ3n) is 4.19. The number of carboxylic acid groups (broad SMARTS) is 1. The lowest BCUT2D eigenvalue weighted by Crippen LogP contribution is -2.50. The minimum absolute atomic E-state index is 0.212. The molecule has 0 radical (unpaired) electrons. The smallest absolute Gasteiger partial charge is 0.329 e. The van der Waals surface area contributed by atoms with E-state index in [1.54, 1.807) is 19.1 Å². The normalized spacial score (nSPS) is 21.9. The van der Waals surface area contributed by atoms with Gasteiger partial charge in [-0.05, 0) is 38.0 Å². The minimum Gasteiger partial charge on any atom is -0.480 e. The van der Waals surface area contributed by atoms with E-state index >= 15 is 0 Å². The number of aromatic amines is 1. The Morgan fingerprint density at radius 2 is 2.19 bits per heavy atom. The first-order valence-electron chi connectivity index (χ1n) is 6.76. The molecule has 2 aromatic rings. The van der Waals surface area contributed by atoms with E-state index in [1.165, 1.54) is 17.0 Å². The molecule has 110 valence electrons. The summed E-state index contributed by atoms with van der Waals surface area (Å²) in [5.74, 6) is -1.84. The molecule has 6 heteroatoms. The molecular formula is C15H15FN2O3. The van der Waals surface area contributed by atoms with Crippen molar-refractivity contribution in [2.45, 2.75) is 25.3 Å². The Hall–Kier alpha value is -2.37. The van der Waals surface area contributed by atoms with Gasteiger partial charge in [0.1, 0.15) is 17.1 Å². The van der Waals surface area contributed by atoms with Crippen LogP contribution >= 0.6 is 0 Å². The number of halogens is 1. The molecule has 0 spiro atoms. The van der Waals surface area contributed by atoms with Crippen LogP contribution in [0.25, 0.3) is 10.9 Å². The van der Waals surface area contributed by atoms with Crippen molar-refractivity contribution in [1.29, 1.82) is 0 Å². The summed E-state index contributed by atoms with van der Waals surface area (Å²) < 4.78 is 13.7. The molecule has 1 aliphatic heterocycles. The van der Waals surface area contributed by atoms with E-state index in [0.29, 0.717) is 30.3 Å². The van der Waals surface area contributed by atoms with E-state index < -0.39 is 23.2 Å². The van der Waals surface area contributed by atoms with E-state index in [9.17, 15) is 19.1 Å². The van der Waals surface area contributed by atoms with Crippen molar-refractivity contribution in [3.05, 3.63) is 35.8 Å². The Labute approximate surface area is 120 Å². The van der Waals surface area contributed by atoms with Crippen molar-refractivity contribution < 1.29 is 19.1 Å². The Balaban J connectivity index is 2.01. The maximum absolute atomic E-state index is 13.7. The first-order valence-corrected chi connectivity index (χ1v) is 6.76. The molecule has 1 aliphatic rings. The number of benzene rings is 1. The number of aromatic nitrogens is 1. The molecule has 1 aromatic heterocycles. The van der Waals surface area contributed by atoms with Crippen LogP contribution in [0.5, 0.6) is 0 Å². The van der Waals surface area contributed by atoms with Crippen LogP contribution in [0.1, 0.15) is 30.3 Å². The molecule has 1 saturated heterocycles. The summed E-state index contributed by atoms with van der Waals surface area (Å²) in [5.41, 5.74) is -0.466.